The average molecular weight is 300 g/mol. The number of methoxy groups -OCH3 is 1. The quantitative estimate of drug-likeness (QED) is 0.869. The smallest absolute Gasteiger partial charge is 0.244 e. The van der Waals surface area contributed by atoms with E-state index in [1.807, 2.05) is 30.3 Å². The lowest BCUT2D eigenvalue weighted by Crippen LogP contribution is -2.48. The van der Waals surface area contributed by atoms with Crippen molar-refractivity contribution in [2.75, 3.05) is 14.2 Å². The SMILES string of the molecule is COc1cccc(/C=C/C(=O)NC2CC3CCC(C2)N3C)c1. The molecule has 0 spiro atoms. The molecule has 0 aliphatic carbocycles. The number of hydrogen-bond donors (Lipinski definition) is 1. The maximum atomic E-state index is 12.1. The molecule has 2 fully saturated rings. The molecule has 2 unspecified atom stereocenters. The van der Waals surface area contributed by atoms with Crippen LogP contribution in [0, 0.1) is 0 Å². The van der Waals surface area contributed by atoms with Crippen molar-refractivity contribution in [3.63, 3.8) is 0 Å². The van der Waals surface area contributed by atoms with Gasteiger partial charge in [0.25, 0.3) is 0 Å². The summed E-state index contributed by atoms with van der Waals surface area (Å²) in [5.74, 6) is 0.797. The minimum atomic E-state index is -0.00299. The average Bonchev–Trinajstić information content (AvgIpc) is 2.75. The molecule has 2 aliphatic rings. The summed E-state index contributed by atoms with van der Waals surface area (Å²) < 4.78 is 5.18. The number of fused-ring (bicyclic) bond motifs is 2. The molecule has 1 aromatic rings. The number of benzene rings is 1. The van der Waals surface area contributed by atoms with Crippen molar-refractivity contribution in [3.8, 4) is 5.75 Å². The van der Waals surface area contributed by atoms with Crippen molar-refractivity contribution in [2.45, 2.75) is 43.8 Å². The highest BCUT2D eigenvalue weighted by Gasteiger charge is 2.38. The molecule has 0 saturated carbocycles. The summed E-state index contributed by atoms with van der Waals surface area (Å²) >= 11 is 0. The van der Waals surface area contributed by atoms with Crippen LogP contribution in [0.3, 0.4) is 0 Å². The molecule has 2 saturated heterocycles. The van der Waals surface area contributed by atoms with Gasteiger partial charge in [-0.05, 0) is 56.5 Å². The van der Waals surface area contributed by atoms with Gasteiger partial charge < -0.3 is 15.0 Å². The van der Waals surface area contributed by atoms with E-state index in [9.17, 15) is 4.79 Å². The largest absolute Gasteiger partial charge is 0.497 e. The van der Waals surface area contributed by atoms with Crippen LogP contribution in [-0.2, 0) is 4.79 Å². The summed E-state index contributed by atoms with van der Waals surface area (Å²) in [5, 5.41) is 3.16. The minimum Gasteiger partial charge on any atom is -0.497 e. The van der Waals surface area contributed by atoms with Crippen LogP contribution in [0.4, 0.5) is 0 Å². The molecular formula is C18H24N2O2. The van der Waals surface area contributed by atoms with Gasteiger partial charge in [-0.2, -0.15) is 0 Å². The van der Waals surface area contributed by atoms with Crippen LogP contribution in [0.1, 0.15) is 31.2 Å². The molecule has 22 heavy (non-hydrogen) atoms. The molecule has 3 rings (SSSR count). The first-order chi connectivity index (χ1) is 10.7. The van der Waals surface area contributed by atoms with Gasteiger partial charge in [-0.3, -0.25) is 4.79 Å². The Morgan fingerprint density at radius 3 is 2.73 bits per heavy atom. The van der Waals surface area contributed by atoms with Gasteiger partial charge in [-0.25, -0.2) is 0 Å². The molecule has 4 nitrogen and oxygen atoms in total. The minimum absolute atomic E-state index is 0.00299. The molecule has 4 heteroatoms. The Morgan fingerprint density at radius 2 is 2.05 bits per heavy atom. The predicted molar refractivity (Wildman–Crippen MR) is 87.8 cm³/mol. The number of piperidine rings is 1. The van der Waals surface area contributed by atoms with E-state index >= 15 is 0 Å². The van der Waals surface area contributed by atoms with E-state index in [0.29, 0.717) is 18.1 Å². The summed E-state index contributed by atoms with van der Waals surface area (Å²) in [6.45, 7) is 0. The molecule has 2 heterocycles. The first kappa shape index (κ1) is 15.1. The Bertz CT molecular complexity index is 556. The normalized spacial score (nSPS) is 28.0. The third-order valence-electron chi connectivity index (χ3n) is 4.97. The van der Waals surface area contributed by atoms with Gasteiger partial charge in [0, 0.05) is 24.2 Å². The molecule has 118 valence electrons. The van der Waals surface area contributed by atoms with E-state index in [0.717, 1.165) is 24.2 Å². The Labute approximate surface area is 132 Å². The second-order valence-corrected chi connectivity index (χ2v) is 6.34. The second kappa shape index (κ2) is 6.53. The standard InChI is InChI=1S/C18H24N2O2/c1-20-15-7-8-16(20)12-14(11-15)19-18(21)9-6-13-4-3-5-17(10-13)22-2/h3-6,9-10,14-16H,7-8,11-12H2,1-2H3,(H,19,21)/b9-6+. The van der Waals surface area contributed by atoms with Gasteiger partial charge in [-0.15, -0.1) is 0 Å². The Hall–Kier alpha value is -1.81. The van der Waals surface area contributed by atoms with Crippen LogP contribution in [0.15, 0.2) is 30.3 Å². The highest BCUT2D eigenvalue weighted by atomic mass is 16.5. The first-order valence-electron chi connectivity index (χ1n) is 8.00. The van der Waals surface area contributed by atoms with Gasteiger partial charge in [-0.1, -0.05) is 12.1 Å². The van der Waals surface area contributed by atoms with Gasteiger partial charge in [0.2, 0.25) is 5.91 Å². The highest BCUT2D eigenvalue weighted by Crippen LogP contribution is 2.34. The molecule has 0 radical (unpaired) electrons. The Kier molecular flexibility index (Phi) is 4.48. The second-order valence-electron chi connectivity index (χ2n) is 6.34. The molecule has 1 amide bonds. The third-order valence-corrected chi connectivity index (χ3v) is 4.97. The van der Waals surface area contributed by atoms with Gasteiger partial charge in [0.1, 0.15) is 5.75 Å². The van der Waals surface area contributed by atoms with E-state index in [1.54, 1.807) is 13.2 Å². The summed E-state index contributed by atoms with van der Waals surface area (Å²) in [6.07, 6.45) is 8.15. The fourth-order valence-corrected chi connectivity index (χ4v) is 3.70. The van der Waals surface area contributed by atoms with Crippen molar-refractivity contribution in [1.82, 2.24) is 10.2 Å². The fourth-order valence-electron chi connectivity index (χ4n) is 3.70. The monoisotopic (exact) mass is 300 g/mol. The van der Waals surface area contributed by atoms with Crippen molar-refractivity contribution in [2.24, 2.45) is 0 Å². The fraction of sp³-hybridized carbons (Fsp3) is 0.500. The van der Waals surface area contributed by atoms with Crippen LogP contribution in [0.5, 0.6) is 5.75 Å². The summed E-state index contributed by atoms with van der Waals surface area (Å²) in [4.78, 5) is 14.6. The number of carbonyl (C=O) groups excluding carboxylic acids is 1. The van der Waals surface area contributed by atoms with Crippen LogP contribution in [0.2, 0.25) is 0 Å². The summed E-state index contributed by atoms with van der Waals surface area (Å²) in [7, 11) is 3.85. The van der Waals surface area contributed by atoms with Crippen LogP contribution < -0.4 is 10.1 Å². The zero-order valence-corrected chi connectivity index (χ0v) is 13.3. The molecule has 2 aliphatic heterocycles. The lowest BCUT2D eigenvalue weighted by Gasteiger charge is -2.36. The number of hydrogen-bond acceptors (Lipinski definition) is 3. The molecule has 0 aromatic heterocycles. The molecule has 1 aromatic carbocycles. The van der Waals surface area contributed by atoms with Crippen molar-refractivity contribution >= 4 is 12.0 Å². The van der Waals surface area contributed by atoms with E-state index < -0.39 is 0 Å². The number of rotatable bonds is 4. The predicted octanol–water partition coefficient (Wildman–Crippen LogP) is 2.45. The molecule has 1 N–H and O–H groups in total. The van der Waals surface area contributed by atoms with Crippen molar-refractivity contribution < 1.29 is 9.53 Å². The number of ether oxygens (including phenoxy) is 1. The number of carbonyl (C=O) groups is 1. The molecule has 2 bridgehead atoms. The summed E-state index contributed by atoms with van der Waals surface area (Å²) in [6, 6.07) is 9.30. The lowest BCUT2D eigenvalue weighted by atomic mass is 9.98. The maximum absolute atomic E-state index is 12.1. The van der Waals surface area contributed by atoms with E-state index in [1.165, 1.54) is 12.8 Å². The highest BCUT2D eigenvalue weighted by molar-refractivity contribution is 5.91. The number of amides is 1. The molecule has 2 atom stereocenters. The Balaban J connectivity index is 1.55. The first-order valence-corrected chi connectivity index (χ1v) is 8.00. The number of nitrogens with zero attached hydrogens (tertiary/aromatic N) is 1. The van der Waals surface area contributed by atoms with Gasteiger partial charge >= 0.3 is 0 Å². The van der Waals surface area contributed by atoms with E-state index in [-0.39, 0.29) is 5.91 Å². The van der Waals surface area contributed by atoms with E-state index in [2.05, 4.69) is 17.3 Å². The van der Waals surface area contributed by atoms with E-state index in [4.69, 9.17) is 4.74 Å². The maximum Gasteiger partial charge on any atom is 0.244 e. The lowest BCUT2D eigenvalue weighted by molar-refractivity contribution is -0.117. The van der Waals surface area contributed by atoms with Crippen LogP contribution in [-0.4, -0.2) is 43.1 Å². The summed E-state index contributed by atoms with van der Waals surface area (Å²) in [5.41, 5.74) is 0.970. The van der Waals surface area contributed by atoms with Crippen molar-refractivity contribution in [3.05, 3.63) is 35.9 Å². The van der Waals surface area contributed by atoms with Crippen LogP contribution in [0.25, 0.3) is 6.08 Å². The molecular weight excluding hydrogens is 276 g/mol. The van der Waals surface area contributed by atoms with Crippen LogP contribution >= 0.6 is 0 Å². The van der Waals surface area contributed by atoms with Crippen molar-refractivity contribution in [1.29, 1.82) is 0 Å². The zero-order valence-electron chi connectivity index (χ0n) is 13.3. The van der Waals surface area contributed by atoms with Gasteiger partial charge in [0.15, 0.2) is 0 Å². The topological polar surface area (TPSA) is 41.6 Å². The zero-order chi connectivity index (χ0) is 15.5. The Morgan fingerprint density at radius 1 is 1.32 bits per heavy atom. The van der Waals surface area contributed by atoms with Gasteiger partial charge in [0.05, 0.1) is 7.11 Å². The number of nitrogens with one attached hydrogen (secondary N) is 1. The third kappa shape index (κ3) is 3.33.